The van der Waals surface area contributed by atoms with Crippen LogP contribution < -0.4 is 4.74 Å². The summed E-state index contributed by atoms with van der Waals surface area (Å²) in [6.07, 6.45) is 3.55. The highest BCUT2D eigenvalue weighted by atomic mass is 16.5. The fourth-order valence-electron chi connectivity index (χ4n) is 2.56. The Kier molecular flexibility index (Phi) is 2.89. The van der Waals surface area contributed by atoms with Crippen molar-refractivity contribution in [2.24, 2.45) is 7.05 Å². The van der Waals surface area contributed by atoms with E-state index in [0.717, 1.165) is 33.3 Å². The van der Waals surface area contributed by atoms with Crippen molar-refractivity contribution in [2.75, 3.05) is 7.11 Å². The van der Waals surface area contributed by atoms with Gasteiger partial charge in [-0.1, -0.05) is 6.07 Å². The van der Waals surface area contributed by atoms with Crippen LogP contribution in [-0.4, -0.2) is 26.9 Å². The number of hydrogen-bond donors (Lipinski definition) is 0. The fourth-order valence-corrected chi connectivity index (χ4v) is 2.56. The van der Waals surface area contributed by atoms with E-state index < -0.39 is 0 Å². The summed E-state index contributed by atoms with van der Waals surface area (Å²) in [5.41, 5.74) is 5.12. The first-order valence-corrected chi connectivity index (χ1v) is 6.40. The van der Waals surface area contributed by atoms with Crippen LogP contribution in [0.15, 0.2) is 24.7 Å². The second kappa shape index (κ2) is 4.59. The van der Waals surface area contributed by atoms with Gasteiger partial charge in [0.05, 0.1) is 18.2 Å². The van der Waals surface area contributed by atoms with Crippen LogP contribution in [0.2, 0.25) is 0 Å². The molecule has 0 radical (unpaired) electrons. The summed E-state index contributed by atoms with van der Waals surface area (Å²) in [7, 11) is 3.51. The topological polar surface area (TPSA) is 52.8 Å². The fraction of sp³-hybridized carbons (Fsp3) is 0.267. The molecule has 5 nitrogen and oxygen atoms in total. The van der Waals surface area contributed by atoms with Gasteiger partial charge in [-0.05, 0) is 31.0 Å². The van der Waals surface area contributed by atoms with Gasteiger partial charge in [0.1, 0.15) is 6.33 Å². The second-order valence-corrected chi connectivity index (χ2v) is 4.87. The number of ether oxygens (including phenoxy) is 1. The Balaban J connectivity index is 2.27. The van der Waals surface area contributed by atoms with E-state index in [0.29, 0.717) is 5.88 Å². The Morgan fingerprint density at radius 2 is 1.95 bits per heavy atom. The Hall–Kier alpha value is -2.43. The third-order valence-electron chi connectivity index (χ3n) is 3.42. The van der Waals surface area contributed by atoms with E-state index in [1.54, 1.807) is 18.1 Å². The number of aromatic nitrogens is 4. The molecule has 102 valence electrons. The first-order chi connectivity index (χ1) is 9.60. The molecular weight excluding hydrogens is 252 g/mol. The quantitative estimate of drug-likeness (QED) is 0.717. The molecular formula is C15H16N4O. The van der Waals surface area contributed by atoms with E-state index >= 15 is 0 Å². The van der Waals surface area contributed by atoms with Gasteiger partial charge >= 0.3 is 0 Å². The number of nitrogens with zero attached hydrogens (tertiary/aromatic N) is 4. The molecule has 0 saturated heterocycles. The summed E-state index contributed by atoms with van der Waals surface area (Å²) in [6, 6.07) is 4.18. The SMILES string of the molecule is COc1nn(C)cc1-c1cc(C)c2c(C)ncnc2c1. The van der Waals surface area contributed by atoms with E-state index in [2.05, 4.69) is 34.1 Å². The van der Waals surface area contributed by atoms with Gasteiger partial charge in [0.15, 0.2) is 0 Å². The highest BCUT2D eigenvalue weighted by molar-refractivity contribution is 5.89. The van der Waals surface area contributed by atoms with Gasteiger partial charge in [0.2, 0.25) is 5.88 Å². The molecule has 2 heterocycles. The van der Waals surface area contributed by atoms with Crippen LogP contribution in [0.5, 0.6) is 5.88 Å². The Labute approximate surface area is 117 Å². The molecule has 1 aromatic carbocycles. The zero-order valence-electron chi connectivity index (χ0n) is 12.0. The van der Waals surface area contributed by atoms with Crippen molar-refractivity contribution in [1.29, 1.82) is 0 Å². The average molecular weight is 268 g/mol. The Morgan fingerprint density at radius 1 is 1.15 bits per heavy atom. The number of rotatable bonds is 2. The number of aryl methyl sites for hydroxylation is 3. The van der Waals surface area contributed by atoms with Crippen LogP contribution in [0.1, 0.15) is 11.3 Å². The van der Waals surface area contributed by atoms with E-state index in [9.17, 15) is 0 Å². The van der Waals surface area contributed by atoms with E-state index in [1.807, 2.05) is 20.2 Å². The Morgan fingerprint density at radius 3 is 2.70 bits per heavy atom. The van der Waals surface area contributed by atoms with Crippen molar-refractivity contribution >= 4 is 10.9 Å². The molecule has 0 amide bonds. The van der Waals surface area contributed by atoms with Crippen LogP contribution in [0.25, 0.3) is 22.0 Å². The summed E-state index contributed by atoms with van der Waals surface area (Å²) < 4.78 is 7.08. The summed E-state index contributed by atoms with van der Waals surface area (Å²) in [5, 5.41) is 5.40. The standard InChI is InChI=1S/C15H16N4O/c1-9-5-11(12-7-19(3)18-15(12)20-4)6-13-14(9)10(2)16-8-17-13/h5-8H,1-4H3. The monoisotopic (exact) mass is 268 g/mol. The molecule has 0 aliphatic heterocycles. The lowest BCUT2D eigenvalue weighted by Crippen LogP contribution is -1.92. The van der Waals surface area contributed by atoms with Gasteiger partial charge in [-0.15, -0.1) is 5.10 Å². The lowest BCUT2D eigenvalue weighted by Gasteiger charge is -2.08. The van der Waals surface area contributed by atoms with E-state index in [1.165, 1.54) is 0 Å². The minimum absolute atomic E-state index is 0.622. The minimum Gasteiger partial charge on any atom is -0.479 e. The predicted molar refractivity (Wildman–Crippen MR) is 77.8 cm³/mol. The molecule has 3 rings (SSSR count). The van der Waals surface area contributed by atoms with Gasteiger partial charge in [0.25, 0.3) is 0 Å². The normalized spacial score (nSPS) is 11.0. The first-order valence-electron chi connectivity index (χ1n) is 6.40. The maximum atomic E-state index is 5.33. The summed E-state index contributed by atoms with van der Waals surface area (Å²) in [4.78, 5) is 8.63. The second-order valence-electron chi connectivity index (χ2n) is 4.87. The van der Waals surface area contributed by atoms with Crippen molar-refractivity contribution in [3.05, 3.63) is 35.9 Å². The van der Waals surface area contributed by atoms with Crippen LogP contribution in [0.4, 0.5) is 0 Å². The third-order valence-corrected chi connectivity index (χ3v) is 3.42. The molecule has 20 heavy (non-hydrogen) atoms. The van der Waals surface area contributed by atoms with Gasteiger partial charge < -0.3 is 4.74 Å². The first kappa shape index (κ1) is 12.6. The molecule has 2 aromatic heterocycles. The molecule has 0 aliphatic rings. The van der Waals surface area contributed by atoms with Gasteiger partial charge in [-0.2, -0.15) is 0 Å². The van der Waals surface area contributed by atoms with Crippen molar-refractivity contribution in [3.8, 4) is 17.0 Å². The van der Waals surface area contributed by atoms with Crippen LogP contribution >= 0.6 is 0 Å². The van der Waals surface area contributed by atoms with Crippen molar-refractivity contribution in [3.63, 3.8) is 0 Å². The van der Waals surface area contributed by atoms with Crippen molar-refractivity contribution in [2.45, 2.75) is 13.8 Å². The molecule has 3 aromatic rings. The van der Waals surface area contributed by atoms with E-state index in [-0.39, 0.29) is 0 Å². The highest BCUT2D eigenvalue weighted by Gasteiger charge is 2.13. The minimum atomic E-state index is 0.622. The molecule has 0 bridgehead atoms. The highest BCUT2D eigenvalue weighted by Crippen LogP contribution is 2.32. The van der Waals surface area contributed by atoms with Crippen molar-refractivity contribution < 1.29 is 4.74 Å². The lowest BCUT2D eigenvalue weighted by atomic mass is 10.0. The number of fused-ring (bicyclic) bond motifs is 1. The molecule has 0 spiro atoms. The maximum Gasteiger partial charge on any atom is 0.240 e. The molecule has 0 fully saturated rings. The van der Waals surface area contributed by atoms with Crippen molar-refractivity contribution in [1.82, 2.24) is 19.7 Å². The predicted octanol–water partition coefficient (Wildman–Crippen LogP) is 2.66. The zero-order chi connectivity index (χ0) is 14.3. The number of hydrogen-bond acceptors (Lipinski definition) is 4. The van der Waals surface area contributed by atoms with Gasteiger partial charge in [-0.3, -0.25) is 4.68 Å². The van der Waals surface area contributed by atoms with Crippen LogP contribution in [0.3, 0.4) is 0 Å². The van der Waals surface area contributed by atoms with E-state index in [4.69, 9.17) is 4.74 Å². The van der Waals surface area contributed by atoms with Gasteiger partial charge in [0, 0.05) is 24.3 Å². The molecule has 0 N–H and O–H groups in total. The summed E-state index contributed by atoms with van der Waals surface area (Å²) in [6.45, 7) is 4.08. The third kappa shape index (κ3) is 1.91. The maximum absolute atomic E-state index is 5.33. The summed E-state index contributed by atoms with van der Waals surface area (Å²) >= 11 is 0. The zero-order valence-corrected chi connectivity index (χ0v) is 12.0. The van der Waals surface area contributed by atoms with Crippen LogP contribution in [0, 0.1) is 13.8 Å². The Bertz CT molecular complexity index is 792. The van der Waals surface area contributed by atoms with Gasteiger partial charge in [-0.25, -0.2) is 9.97 Å². The molecule has 0 atom stereocenters. The summed E-state index contributed by atoms with van der Waals surface area (Å²) in [5.74, 6) is 0.622. The largest absolute Gasteiger partial charge is 0.479 e. The molecule has 5 heteroatoms. The molecule has 0 aliphatic carbocycles. The lowest BCUT2D eigenvalue weighted by molar-refractivity contribution is 0.393. The molecule has 0 unspecified atom stereocenters. The van der Waals surface area contributed by atoms with Crippen LogP contribution in [-0.2, 0) is 7.05 Å². The smallest absolute Gasteiger partial charge is 0.240 e. The number of benzene rings is 1. The number of methoxy groups -OCH3 is 1. The molecule has 0 saturated carbocycles. The average Bonchev–Trinajstić information content (AvgIpc) is 2.79.